The molecular weight excluding hydrogens is 292 g/mol. The summed E-state index contributed by atoms with van der Waals surface area (Å²) in [5, 5.41) is 0. The Hall–Kier alpha value is -1.69. The van der Waals surface area contributed by atoms with Gasteiger partial charge in [-0.3, -0.25) is 4.79 Å². The van der Waals surface area contributed by atoms with Gasteiger partial charge < -0.3 is 15.4 Å². The van der Waals surface area contributed by atoms with Gasteiger partial charge in [0.05, 0.1) is 6.10 Å². The SMILES string of the molecule is CC1CCC(N(C[C@H]2CCCO2)C(=O)c2nccnc2N)CC1. The smallest absolute Gasteiger partial charge is 0.276 e. The fourth-order valence-corrected chi connectivity index (χ4v) is 3.61. The van der Waals surface area contributed by atoms with E-state index in [1.165, 1.54) is 12.4 Å². The second kappa shape index (κ2) is 7.25. The summed E-state index contributed by atoms with van der Waals surface area (Å²) in [6.07, 6.45) is 9.67. The number of nitrogens with zero attached hydrogens (tertiary/aromatic N) is 3. The Labute approximate surface area is 137 Å². The van der Waals surface area contributed by atoms with Crippen LogP contribution < -0.4 is 5.73 Å². The first-order valence-corrected chi connectivity index (χ1v) is 8.64. The van der Waals surface area contributed by atoms with Crippen molar-refractivity contribution in [2.75, 3.05) is 18.9 Å². The number of hydrogen-bond donors (Lipinski definition) is 1. The number of hydrogen-bond acceptors (Lipinski definition) is 5. The molecule has 1 aromatic heterocycles. The van der Waals surface area contributed by atoms with Crippen molar-refractivity contribution in [3.63, 3.8) is 0 Å². The number of anilines is 1. The molecule has 126 valence electrons. The van der Waals surface area contributed by atoms with Crippen molar-refractivity contribution in [3.05, 3.63) is 18.1 Å². The number of amides is 1. The summed E-state index contributed by atoms with van der Waals surface area (Å²) in [5.74, 6) is 0.845. The first-order chi connectivity index (χ1) is 11.1. The summed E-state index contributed by atoms with van der Waals surface area (Å²) in [5.41, 5.74) is 6.13. The number of rotatable bonds is 4. The monoisotopic (exact) mass is 318 g/mol. The summed E-state index contributed by atoms with van der Waals surface area (Å²) in [7, 11) is 0. The number of nitrogens with two attached hydrogens (primary N) is 1. The summed E-state index contributed by atoms with van der Waals surface area (Å²) < 4.78 is 5.75. The van der Waals surface area contributed by atoms with E-state index in [2.05, 4.69) is 16.9 Å². The number of ether oxygens (including phenoxy) is 1. The van der Waals surface area contributed by atoms with E-state index in [9.17, 15) is 4.79 Å². The average Bonchev–Trinajstić information content (AvgIpc) is 3.07. The maximum absolute atomic E-state index is 13.0. The molecular formula is C17H26N4O2. The van der Waals surface area contributed by atoms with Crippen molar-refractivity contribution in [2.45, 2.75) is 57.6 Å². The minimum atomic E-state index is -0.106. The molecule has 2 N–H and O–H groups in total. The number of nitrogen functional groups attached to an aromatic ring is 1. The van der Waals surface area contributed by atoms with E-state index >= 15 is 0 Å². The van der Waals surface area contributed by atoms with Gasteiger partial charge >= 0.3 is 0 Å². The van der Waals surface area contributed by atoms with Crippen LogP contribution in [0.1, 0.15) is 55.9 Å². The van der Waals surface area contributed by atoms with Crippen LogP contribution in [0.25, 0.3) is 0 Å². The Bertz CT molecular complexity index is 537. The van der Waals surface area contributed by atoms with Crippen molar-refractivity contribution in [2.24, 2.45) is 5.92 Å². The van der Waals surface area contributed by atoms with E-state index < -0.39 is 0 Å². The van der Waals surface area contributed by atoms with E-state index in [4.69, 9.17) is 10.5 Å². The highest BCUT2D eigenvalue weighted by Crippen LogP contribution is 2.29. The zero-order valence-corrected chi connectivity index (χ0v) is 13.8. The van der Waals surface area contributed by atoms with Gasteiger partial charge in [-0.2, -0.15) is 0 Å². The zero-order chi connectivity index (χ0) is 16.2. The van der Waals surface area contributed by atoms with Gasteiger partial charge in [-0.25, -0.2) is 9.97 Å². The maximum Gasteiger partial charge on any atom is 0.276 e. The molecule has 23 heavy (non-hydrogen) atoms. The van der Waals surface area contributed by atoms with Crippen molar-refractivity contribution < 1.29 is 9.53 Å². The quantitative estimate of drug-likeness (QED) is 0.921. The van der Waals surface area contributed by atoms with Crippen molar-refractivity contribution in [1.29, 1.82) is 0 Å². The minimum Gasteiger partial charge on any atom is -0.382 e. The van der Waals surface area contributed by atoms with Gasteiger partial charge in [0.2, 0.25) is 0 Å². The number of carbonyl (C=O) groups excluding carboxylic acids is 1. The summed E-state index contributed by atoms with van der Waals surface area (Å²) in [4.78, 5) is 23.1. The van der Waals surface area contributed by atoms with Crippen LogP contribution in [-0.2, 0) is 4.74 Å². The first kappa shape index (κ1) is 16.2. The molecule has 1 atom stereocenters. The van der Waals surface area contributed by atoms with Gasteiger partial charge in [-0.15, -0.1) is 0 Å². The molecule has 1 aliphatic carbocycles. The average molecular weight is 318 g/mol. The van der Waals surface area contributed by atoms with Gasteiger partial charge in [0.1, 0.15) is 0 Å². The van der Waals surface area contributed by atoms with Crippen LogP contribution in [0.5, 0.6) is 0 Å². The zero-order valence-electron chi connectivity index (χ0n) is 13.8. The van der Waals surface area contributed by atoms with Gasteiger partial charge in [0.15, 0.2) is 11.5 Å². The van der Waals surface area contributed by atoms with E-state index in [1.54, 1.807) is 0 Å². The first-order valence-electron chi connectivity index (χ1n) is 8.64. The predicted octanol–water partition coefficient (Wildman–Crippen LogP) is 2.26. The van der Waals surface area contributed by atoms with E-state index in [1.807, 2.05) is 4.90 Å². The second-order valence-corrected chi connectivity index (χ2v) is 6.80. The van der Waals surface area contributed by atoms with Crippen LogP contribution in [0.4, 0.5) is 5.82 Å². The molecule has 0 spiro atoms. The Balaban J connectivity index is 1.78. The lowest BCUT2D eigenvalue weighted by Crippen LogP contribution is -2.46. The van der Waals surface area contributed by atoms with Crippen LogP contribution in [0, 0.1) is 5.92 Å². The molecule has 2 fully saturated rings. The molecule has 1 saturated carbocycles. The fourth-order valence-electron chi connectivity index (χ4n) is 3.61. The molecule has 3 rings (SSSR count). The maximum atomic E-state index is 13.0. The third-order valence-electron chi connectivity index (χ3n) is 5.04. The van der Waals surface area contributed by atoms with E-state index in [0.29, 0.717) is 6.54 Å². The Morgan fingerprint density at radius 2 is 2.00 bits per heavy atom. The highest BCUT2D eigenvalue weighted by atomic mass is 16.5. The molecule has 1 aromatic rings. The number of carbonyl (C=O) groups is 1. The van der Waals surface area contributed by atoms with Crippen LogP contribution in [-0.4, -0.2) is 46.1 Å². The molecule has 1 amide bonds. The Morgan fingerprint density at radius 3 is 2.65 bits per heavy atom. The van der Waals surface area contributed by atoms with Crippen LogP contribution in [0.2, 0.25) is 0 Å². The molecule has 0 aromatic carbocycles. The molecule has 0 radical (unpaired) electrons. The van der Waals surface area contributed by atoms with Crippen molar-refractivity contribution in [3.8, 4) is 0 Å². The molecule has 1 saturated heterocycles. The lowest BCUT2D eigenvalue weighted by atomic mass is 9.86. The summed E-state index contributed by atoms with van der Waals surface area (Å²) >= 11 is 0. The molecule has 6 heteroatoms. The van der Waals surface area contributed by atoms with Crippen LogP contribution in [0.3, 0.4) is 0 Å². The standard InChI is InChI=1S/C17H26N4O2/c1-12-4-6-13(7-5-12)21(11-14-3-2-10-23-14)17(22)15-16(18)20-9-8-19-15/h8-9,12-14H,2-7,10-11H2,1H3,(H2,18,20)/t12?,13?,14-/m1/s1. The molecule has 2 heterocycles. The lowest BCUT2D eigenvalue weighted by molar-refractivity contribution is 0.0338. The Kier molecular flexibility index (Phi) is 5.10. The summed E-state index contributed by atoms with van der Waals surface area (Å²) in [6.45, 7) is 3.71. The molecule has 1 aliphatic heterocycles. The van der Waals surface area contributed by atoms with E-state index in [0.717, 1.165) is 51.0 Å². The lowest BCUT2D eigenvalue weighted by Gasteiger charge is -2.37. The summed E-state index contributed by atoms with van der Waals surface area (Å²) in [6, 6.07) is 0.254. The van der Waals surface area contributed by atoms with Crippen molar-refractivity contribution >= 4 is 11.7 Å². The predicted molar refractivity (Wildman–Crippen MR) is 87.9 cm³/mol. The Morgan fingerprint density at radius 1 is 1.26 bits per heavy atom. The van der Waals surface area contributed by atoms with E-state index in [-0.39, 0.29) is 29.6 Å². The van der Waals surface area contributed by atoms with Crippen LogP contribution in [0.15, 0.2) is 12.4 Å². The molecule has 2 aliphatic rings. The largest absolute Gasteiger partial charge is 0.382 e. The topological polar surface area (TPSA) is 81.3 Å². The third kappa shape index (κ3) is 3.80. The highest BCUT2D eigenvalue weighted by Gasteiger charge is 2.32. The molecule has 0 unspecified atom stereocenters. The van der Waals surface area contributed by atoms with Gasteiger partial charge in [0, 0.05) is 31.6 Å². The van der Waals surface area contributed by atoms with Gasteiger partial charge in [-0.1, -0.05) is 6.92 Å². The van der Waals surface area contributed by atoms with Gasteiger partial charge in [-0.05, 0) is 44.4 Å². The fraction of sp³-hybridized carbons (Fsp3) is 0.706. The number of aromatic nitrogens is 2. The second-order valence-electron chi connectivity index (χ2n) is 6.80. The minimum absolute atomic E-state index is 0.106. The highest BCUT2D eigenvalue weighted by molar-refractivity contribution is 5.96. The molecule has 0 bridgehead atoms. The third-order valence-corrected chi connectivity index (χ3v) is 5.04. The normalized spacial score (nSPS) is 27.8. The molecule has 6 nitrogen and oxygen atoms in total. The van der Waals surface area contributed by atoms with Crippen molar-refractivity contribution in [1.82, 2.24) is 14.9 Å². The van der Waals surface area contributed by atoms with Crippen LogP contribution >= 0.6 is 0 Å². The van der Waals surface area contributed by atoms with Gasteiger partial charge in [0.25, 0.3) is 5.91 Å².